The van der Waals surface area contributed by atoms with E-state index in [1.54, 1.807) is 0 Å². The number of thioether (sulfide) groups is 2. The van der Waals surface area contributed by atoms with Crippen LogP contribution in [0.3, 0.4) is 0 Å². The maximum atomic E-state index is 6.20. The molecule has 4 heteroatoms. The summed E-state index contributed by atoms with van der Waals surface area (Å²) in [6.07, 6.45) is 1.51. The smallest absolute Gasteiger partial charge is 0.0632 e. The molecule has 15 heavy (non-hydrogen) atoms. The first-order chi connectivity index (χ1) is 7.15. The van der Waals surface area contributed by atoms with Gasteiger partial charge in [-0.05, 0) is 20.3 Å². The Labute approximate surface area is 102 Å². The fourth-order valence-corrected chi connectivity index (χ4v) is 4.91. The minimum Gasteiger partial charge on any atom is -0.377 e. The normalized spacial score (nSPS) is 29.4. The minimum atomic E-state index is 0.190. The summed E-state index contributed by atoms with van der Waals surface area (Å²) in [5.41, 5.74) is 6.20. The van der Waals surface area contributed by atoms with Gasteiger partial charge >= 0.3 is 0 Å². The number of rotatable bonds is 5. The molecule has 90 valence electrons. The van der Waals surface area contributed by atoms with E-state index in [4.69, 9.17) is 10.5 Å². The third-order valence-electron chi connectivity index (χ3n) is 2.54. The lowest BCUT2D eigenvalue weighted by Gasteiger charge is -2.34. The van der Waals surface area contributed by atoms with Crippen LogP contribution in [0.25, 0.3) is 0 Å². The average Bonchev–Trinajstić information content (AvgIpc) is 2.25. The highest BCUT2D eigenvalue weighted by molar-refractivity contribution is 8.07. The molecular weight excluding hydrogens is 226 g/mol. The standard InChI is InChI=1S/C11H23NOS2/c1-4-10-11(15-6-5-14-10)9(12)7-13-8(2)3/h8-11H,4-7,12H2,1-3H3. The second-order valence-corrected chi connectivity index (χ2v) is 6.83. The van der Waals surface area contributed by atoms with Crippen molar-refractivity contribution in [3.8, 4) is 0 Å². The van der Waals surface area contributed by atoms with E-state index in [0.29, 0.717) is 11.9 Å². The van der Waals surface area contributed by atoms with E-state index in [2.05, 4.69) is 32.5 Å². The molecule has 1 aliphatic rings. The Morgan fingerprint density at radius 3 is 2.60 bits per heavy atom. The molecule has 1 aliphatic heterocycles. The molecule has 2 N–H and O–H groups in total. The first-order valence-corrected chi connectivity index (χ1v) is 7.85. The monoisotopic (exact) mass is 249 g/mol. The Kier molecular flexibility index (Phi) is 6.43. The van der Waals surface area contributed by atoms with Gasteiger partial charge in [-0.1, -0.05) is 6.92 Å². The number of nitrogens with two attached hydrogens (primary N) is 1. The molecule has 0 aliphatic carbocycles. The molecule has 0 saturated carbocycles. The highest BCUT2D eigenvalue weighted by Gasteiger charge is 2.30. The van der Waals surface area contributed by atoms with E-state index < -0.39 is 0 Å². The predicted octanol–water partition coefficient (Wildman–Crippen LogP) is 2.37. The Morgan fingerprint density at radius 2 is 2.00 bits per heavy atom. The van der Waals surface area contributed by atoms with Crippen LogP contribution in [0.15, 0.2) is 0 Å². The van der Waals surface area contributed by atoms with Gasteiger partial charge in [0.05, 0.1) is 12.7 Å². The fourth-order valence-electron chi connectivity index (χ4n) is 1.73. The van der Waals surface area contributed by atoms with Crippen molar-refractivity contribution in [2.75, 3.05) is 18.1 Å². The molecule has 1 rings (SSSR count). The molecule has 0 aromatic carbocycles. The van der Waals surface area contributed by atoms with Gasteiger partial charge in [0.1, 0.15) is 0 Å². The van der Waals surface area contributed by atoms with Crippen molar-refractivity contribution in [3.05, 3.63) is 0 Å². The third kappa shape index (κ3) is 4.55. The van der Waals surface area contributed by atoms with Gasteiger partial charge in [-0.15, -0.1) is 0 Å². The number of ether oxygens (including phenoxy) is 1. The van der Waals surface area contributed by atoms with Crippen LogP contribution < -0.4 is 5.73 Å². The van der Waals surface area contributed by atoms with Crippen LogP contribution in [0.5, 0.6) is 0 Å². The van der Waals surface area contributed by atoms with Crippen molar-refractivity contribution in [1.82, 2.24) is 0 Å². The summed E-state index contributed by atoms with van der Waals surface area (Å²) in [5.74, 6) is 2.51. The van der Waals surface area contributed by atoms with Gasteiger partial charge in [0.25, 0.3) is 0 Å². The van der Waals surface area contributed by atoms with Crippen LogP contribution in [0.2, 0.25) is 0 Å². The van der Waals surface area contributed by atoms with Gasteiger partial charge < -0.3 is 10.5 Å². The predicted molar refractivity (Wildman–Crippen MR) is 71.8 cm³/mol. The Balaban J connectivity index is 2.37. The van der Waals surface area contributed by atoms with Gasteiger partial charge in [0.2, 0.25) is 0 Å². The van der Waals surface area contributed by atoms with Crippen molar-refractivity contribution in [2.24, 2.45) is 5.73 Å². The van der Waals surface area contributed by atoms with Crippen LogP contribution in [-0.2, 0) is 4.74 Å². The second-order valence-electron chi connectivity index (χ2n) is 4.20. The van der Waals surface area contributed by atoms with E-state index in [1.807, 2.05) is 11.8 Å². The van der Waals surface area contributed by atoms with E-state index in [1.165, 1.54) is 17.9 Å². The van der Waals surface area contributed by atoms with Gasteiger partial charge in [-0.2, -0.15) is 23.5 Å². The van der Waals surface area contributed by atoms with E-state index in [0.717, 1.165) is 5.25 Å². The van der Waals surface area contributed by atoms with Crippen LogP contribution in [0.4, 0.5) is 0 Å². The lowest BCUT2D eigenvalue weighted by atomic mass is 10.1. The number of hydrogen-bond acceptors (Lipinski definition) is 4. The summed E-state index contributed by atoms with van der Waals surface area (Å²) in [7, 11) is 0. The van der Waals surface area contributed by atoms with Gasteiger partial charge in [0, 0.05) is 28.0 Å². The first kappa shape index (κ1) is 13.7. The summed E-state index contributed by atoms with van der Waals surface area (Å²) in [4.78, 5) is 0. The number of hydrogen-bond donors (Lipinski definition) is 1. The maximum Gasteiger partial charge on any atom is 0.0632 e. The molecule has 1 heterocycles. The van der Waals surface area contributed by atoms with Crippen molar-refractivity contribution in [2.45, 2.75) is 49.8 Å². The van der Waals surface area contributed by atoms with Gasteiger partial charge in [0.15, 0.2) is 0 Å². The molecule has 0 amide bonds. The highest BCUT2D eigenvalue weighted by atomic mass is 32.2. The van der Waals surface area contributed by atoms with Crippen molar-refractivity contribution >= 4 is 23.5 Å². The SMILES string of the molecule is CCC1SCCSC1C(N)COC(C)C. The van der Waals surface area contributed by atoms with Crippen LogP contribution in [0.1, 0.15) is 27.2 Å². The minimum absolute atomic E-state index is 0.190. The van der Waals surface area contributed by atoms with Gasteiger partial charge in [-0.3, -0.25) is 0 Å². The Hall–Kier alpha value is 0.620. The zero-order valence-corrected chi connectivity index (χ0v) is 11.6. The summed E-state index contributed by atoms with van der Waals surface area (Å²) in [5, 5.41) is 1.29. The first-order valence-electron chi connectivity index (χ1n) is 5.75. The molecular formula is C11H23NOS2. The Bertz CT molecular complexity index is 178. The van der Waals surface area contributed by atoms with Crippen LogP contribution >= 0.6 is 23.5 Å². The third-order valence-corrected chi connectivity index (χ3v) is 5.97. The molecule has 1 saturated heterocycles. The molecule has 0 aromatic rings. The zero-order valence-electron chi connectivity index (χ0n) is 9.94. The molecule has 3 atom stereocenters. The lowest BCUT2D eigenvalue weighted by molar-refractivity contribution is 0.0678. The topological polar surface area (TPSA) is 35.2 Å². The maximum absolute atomic E-state index is 6.20. The van der Waals surface area contributed by atoms with Crippen LogP contribution in [-0.4, -0.2) is 40.8 Å². The molecule has 0 aromatic heterocycles. The molecule has 3 unspecified atom stereocenters. The molecule has 1 fully saturated rings. The molecule has 0 spiro atoms. The van der Waals surface area contributed by atoms with Crippen molar-refractivity contribution < 1.29 is 4.74 Å². The lowest BCUT2D eigenvalue weighted by Crippen LogP contribution is -2.45. The largest absolute Gasteiger partial charge is 0.377 e. The molecule has 0 radical (unpaired) electrons. The molecule has 2 nitrogen and oxygen atoms in total. The van der Waals surface area contributed by atoms with Crippen molar-refractivity contribution in [1.29, 1.82) is 0 Å². The highest BCUT2D eigenvalue weighted by Crippen LogP contribution is 2.34. The van der Waals surface area contributed by atoms with Crippen LogP contribution in [0, 0.1) is 0 Å². The summed E-state index contributed by atoms with van der Waals surface area (Å²) < 4.78 is 5.60. The summed E-state index contributed by atoms with van der Waals surface area (Å²) >= 11 is 4.11. The average molecular weight is 249 g/mol. The quantitative estimate of drug-likeness (QED) is 0.811. The second kappa shape index (κ2) is 7.05. The zero-order chi connectivity index (χ0) is 11.3. The van der Waals surface area contributed by atoms with E-state index >= 15 is 0 Å². The van der Waals surface area contributed by atoms with Crippen molar-refractivity contribution in [3.63, 3.8) is 0 Å². The summed E-state index contributed by atoms with van der Waals surface area (Å²) in [6, 6.07) is 0.190. The molecule has 0 bridgehead atoms. The van der Waals surface area contributed by atoms with E-state index in [-0.39, 0.29) is 12.1 Å². The Morgan fingerprint density at radius 1 is 1.33 bits per heavy atom. The summed E-state index contributed by atoms with van der Waals surface area (Å²) in [6.45, 7) is 7.08. The fraction of sp³-hybridized carbons (Fsp3) is 1.00. The van der Waals surface area contributed by atoms with E-state index in [9.17, 15) is 0 Å². The van der Waals surface area contributed by atoms with Gasteiger partial charge in [-0.25, -0.2) is 0 Å².